The number of alkyl carbamates (subject to hydrolysis) is 1. The van der Waals surface area contributed by atoms with Crippen molar-refractivity contribution in [3.63, 3.8) is 0 Å². The van der Waals surface area contributed by atoms with Gasteiger partial charge in [0, 0.05) is 16.3 Å². The molecule has 2 heterocycles. The molecule has 0 unspecified atom stereocenters. The zero-order valence-corrected chi connectivity index (χ0v) is 14.4. The predicted molar refractivity (Wildman–Crippen MR) is 87.1 cm³/mol. The van der Waals surface area contributed by atoms with Crippen molar-refractivity contribution < 1.29 is 14.3 Å². The Balaban J connectivity index is 1.98. The molecule has 0 spiro atoms. The van der Waals surface area contributed by atoms with Crippen molar-refractivity contribution >= 4 is 40.4 Å². The van der Waals surface area contributed by atoms with Gasteiger partial charge in [0.1, 0.15) is 17.5 Å². The molecule has 1 atom stereocenters. The van der Waals surface area contributed by atoms with Gasteiger partial charge in [-0.15, -0.1) is 0 Å². The highest BCUT2D eigenvalue weighted by Gasteiger charge is 2.35. The minimum atomic E-state index is -0.580. The molecule has 0 bridgehead atoms. The molecule has 7 heteroatoms. The number of ether oxygens (including phenoxy) is 1. The molecular formula is C14H18IN3O3. The number of hydrogen-bond donors (Lipinski definition) is 1. The third-order valence-electron chi connectivity index (χ3n) is 2.88. The second-order valence-corrected chi connectivity index (χ2v) is 7.06. The Morgan fingerprint density at radius 3 is 2.76 bits per heavy atom. The number of rotatable bonds is 2. The second kappa shape index (κ2) is 6.17. The largest absolute Gasteiger partial charge is 0.444 e. The van der Waals surface area contributed by atoms with Gasteiger partial charge in [0.05, 0.1) is 0 Å². The van der Waals surface area contributed by atoms with E-state index in [9.17, 15) is 9.59 Å². The summed E-state index contributed by atoms with van der Waals surface area (Å²) >= 11 is 2.16. The van der Waals surface area contributed by atoms with Crippen LogP contribution in [0.5, 0.6) is 0 Å². The molecular weight excluding hydrogens is 385 g/mol. The lowest BCUT2D eigenvalue weighted by Gasteiger charge is -2.21. The fraction of sp³-hybridized carbons (Fsp3) is 0.500. The quantitative estimate of drug-likeness (QED) is 0.770. The number of nitrogens with one attached hydrogen (secondary N) is 1. The third kappa shape index (κ3) is 4.29. The highest BCUT2D eigenvalue weighted by Crippen LogP contribution is 2.20. The van der Waals surface area contributed by atoms with Gasteiger partial charge in [0.15, 0.2) is 0 Å². The van der Waals surface area contributed by atoms with E-state index < -0.39 is 17.7 Å². The van der Waals surface area contributed by atoms with Crippen LogP contribution in [0, 0.1) is 3.57 Å². The van der Waals surface area contributed by atoms with E-state index in [1.165, 1.54) is 0 Å². The third-order valence-corrected chi connectivity index (χ3v) is 3.52. The molecule has 1 aliphatic rings. The SMILES string of the molecule is CC(C)(C)OC(=O)N[C@H]1CCN(c2ccc(I)cn2)C1=O. The number of anilines is 1. The molecule has 1 aliphatic heterocycles. The highest BCUT2D eigenvalue weighted by atomic mass is 127. The molecule has 0 saturated carbocycles. The average Bonchev–Trinajstić information content (AvgIpc) is 2.70. The zero-order valence-electron chi connectivity index (χ0n) is 12.2. The Hall–Kier alpha value is -1.38. The van der Waals surface area contributed by atoms with Crippen molar-refractivity contribution in [3.05, 3.63) is 21.9 Å². The number of nitrogens with zero attached hydrogens (tertiary/aromatic N) is 2. The minimum Gasteiger partial charge on any atom is -0.444 e. The molecule has 0 radical (unpaired) electrons. The lowest BCUT2D eigenvalue weighted by molar-refractivity contribution is -0.118. The summed E-state index contributed by atoms with van der Waals surface area (Å²) in [7, 11) is 0. The molecule has 114 valence electrons. The predicted octanol–water partition coefficient (Wildman–Crippen LogP) is 2.32. The van der Waals surface area contributed by atoms with E-state index in [4.69, 9.17) is 4.74 Å². The summed E-state index contributed by atoms with van der Waals surface area (Å²) in [5.41, 5.74) is -0.580. The van der Waals surface area contributed by atoms with Gasteiger partial charge in [-0.25, -0.2) is 9.78 Å². The standard InChI is InChI=1S/C14H18IN3O3/c1-14(2,3)21-13(20)17-10-6-7-18(12(10)19)11-5-4-9(15)8-16-11/h4-5,8,10H,6-7H2,1-3H3,(H,17,20)/t10-/m0/s1. The molecule has 1 saturated heterocycles. The van der Waals surface area contributed by atoms with Crippen LogP contribution in [0.4, 0.5) is 10.6 Å². The topological polar surface area (TPSA) is 71.5 Å². The van der Waals surface area contributed by atoms with Crippen molar-refractivity contribution in [2.45, 2.75) is 38.8 Å². The Bertz CT molecular complexity index is 539. The van der Waals surface area contributed by atoms with Crippen LogP contribution in [-0.4, -0.2) is 35.2 Å². The normalized spacial score (nSPS) is 18.8. The maximum Gasteiger partial charge on any atom is 0.408 e. The molecule has 1 fully saturated rings. The van der Waals surface area contributed by atoms with Crippen molar-refractivity contribution in [2.24, 2.45) is 0 Å². The van der Waals surface area contributed by atoms with E-state index in [0.29, 0.717) is 18.8 Å². The molecule has 2 amide bonds. The first-order valence-electron chi connectivity index (χ1n) is 6.69. The Labute approximate surface area is 137 Å². The summed E-state index contributed by atoms with van der Waals surface area (Å²) in [6, 6.07) is 3.14. The van der Waals surface area contributed by atoms with Gasteiger partial charge in [0.25, 0.3) is 5.91 Å². The summed E-state index contributed by atoms with van der Waals surface area (Å²) in [6.07, 6.45) is 1.68. The van der Waals surface area contributed by atoms with E-state index in [0.717, 1.165) is 3.57 Å². The van der Waals surface area contributed by atoms with E-state index in [2.05, 4.69) is 32.9 Å². The monoisotopic (exact) mass is 403 g/mol. The summed E-state index contributed by atoms with van der Waals surface area (Å²) in [4.78, 5) is 29.9. The summed E-state index contributed by atoms with van der Waals surface area (Å²) in [6.45, 7) is 5.88. The molecule has 0 aromatic carbocycles. The number of halogens is 1. The van der Waals surface area contributed by atoms with Gasteiger partial charge < -0.3 is 10.1 Å². The van der Waals surface area contributed by atoms with Crippen LogP contribution in [0.1, 0.15) is 27.2 Å². The van der Waals surface area contributed by atoms with Gasteiger partial charge in [-0.1, -0.05) is 0 Å². The highest BCUT2D eigenvalue weighted by molar-refractivity contribution is 14.1. The van der Waals surface area contributed by atoms with Gasteiger partial charge in [-0.3, -0.25) is 9.69 Å². The average molecular weight is 403 g/mol. The Kier molecular flexibility index (Phi) is 4.70. The molecule has 21 heavy (non-hydrogen) atoms. The van der Waals surface area contributed by atoms with E-state index in [-0.39, 0.29) is 5.91 Å². The van der Waals surface area contributed by atoms with E-state index >= 15 is 0 Å². The number of carbonyl (C=O) groups excluding carboxylic acids is 2. The maximum atomic E-state index is 12.3. The Morgan fingerprint density at radius 1 is 1.48 bits per heavy atom. The van der Waals surface area contributed by atoms with Gasteiger partial charge in [-0.05, 0) is 61.9 Å². The van der Waals surface area contributed by atoms with Crippen molar-refractivity contribution in [3.8, 4) is 0 Å². The first kappa shape index (κ1) is 16.0. The maximum absolute atomic E-state index is 12.3. The van der Waals surface area contributed by atoms with E-state index in [1.54, 1.807) is 37.9 Å². The fourth-order valence-corrected chi connectivity index (χ4v) is 2.34. The smallest absolute Gasteiger partial charge is 0.408 e. The van der Waals surface area contributed by atoms with Crippen LogP contribution in [0.15, 0.2) is 18.3 Å². The van der Waals surface area contributed by atoms with Crippen LogP contribution >= 0.6 is 22.6 Å². The molecule has 6 nitrogen and oxygen atoms in total. The van der Waals surface area contributed by atoms with Crippen LogP contribution in [0.25, 0.3) is 0 Å². The van der Waals surface area contributed by atoms with Gasteiger partial charge in [-0.2, -0.15) is 0 Å². The van der Waals surface area contributed by atoms with Crippen molar-refractivity contribution in [1.29, 1.82) is 0 Å². The van der Waals surface area contributed by atoms with Crippen LogP contribution in [-0.2, 0) is 9.53 Å². The Morgan fingerprint density at radius 2 is 2.19 bits per heavy atom. The minimum absolute atomic E-state index is 0.158. The van der Waals surface area contributed by atoms with E-state index in [1.807, 2.05) is 6.07 Å². The summed E-state index contributed by atoms with van der Waals surface area (Å²) in [5, 5.41) is 2.61. The zero-order chi connectivity index (χ0) is 15.6. The summed E-state index contributed by atoms with van der Waals surface area (Å²) < 4.78 is 6.17. The number of amides is 2. The lowest BCUT2D eigenvalue weighted by atomic mass is 10.2. The number of carbonyl (C=O) groups is 2. The number of hydrogen-bond acceptors (Lipinski definition) is 4. The summed E-state index contributed by atoms with van der Waals surface area (Å²) in [5.74, 6) is 0.448. The van der Waals surface area contributed by atoms with Gasteiger partial charge in [0.2, 0.25) is 0 Å². The fourth-order valence-electron chi connectivity index (χ4n) is 2.02. The van der Waals surface area contributed by atoms with Crippen molar-refractivity contribution in [1.82, 2.24) is 10.3 Å². The number of pyridine rings is 1. The molecule has 2 rings (SSSR count). The molecule has 1 N–H and O–H groups in total. The van der Waals surface area contributed by atoms with Crippen LogP contribution < -0.4 is 10.2 Å². The molecule has 1 aromatic rings. The van der Waals surface area contributed by atoms with Gasteiger partial charge >= 0.3 is 6.09 Å². The van der Waals surface area contributed by atoms with Crippen LogP contribution in [0.3, 0.4) is 0 Å². The molecule has 0 aliphatic carbocycles. The first-order chi connectivity index (χ1) is 9.76. The second-order valence-electron chi connectivity index (χ2n) is 5.81. The lowest BCUT2D eigenvalue weighted by Crippen LogP contribution is -2.43. The first-order valence-corrected chi connectivity index (χ1v) is 7.76. The van der Waals surface area contributed by atoms with Crippen LogP contribution in [0.2, 0.25) is 0 Å². The molecule has 1 aromatic heterocycles. The van der Waals surface area contributed by atoms with Crippen molar-refractivity contribution in [2.75, 3.05) is 11.4 Å². The number of aromatic nitrogens is 1.